The molecule has 0 amide bonds. The summed E-state index contributed by atoms with van der Waals surface area (Å²) in [5.74, 6) is 0. The third kappa shape index (κ3) is 4.02. The van der Waals surface area contributed by atoms with Gasteiger partial charge in [0, 0.05) is 0 Å². The minimum Gasteiger partial charge on any atom is -0.386 e. The fourth-order valence-electron chi connectivity index (χ4n) is 1.40. The lowest BCUT2D eigenvalue weighted by Gasteiger charge is -2.14. The van der Waals surface area contributed by atoms with Crippen molar-refractivity contribution in [2.45, 2.75) is 39.4 Å². The van der Waals surface area contributed by atoms with Crippen molar-refractivity contribution in [3.63, 3.8) is 0 Å². The topological polar surface area (TPSA) is 29.5 Å². The van der Waals surface area contributed by atoms with Crippen molar-refractivity contribution in [3.8, 4) is 0 Å². The summed E-state index contributed by atoms with van der Waals surface area (Å²) in [5.41, 5.74) is 2.19. The summed E-state index contributed by atoms with van der Waals surface area (Å²) in [5, 5.41) is 9.86. The van der Waals surface area contributed by atoms with Crippen molar-refractivity contribution in [1.82, 2.24) is 0 Å². The number of hydrogen-bond donors (Lipinski definition) is 1. The van der Waals surface area contributed by atoms with Gasteiger partial charge in [-0.1, -0.05) is 31.2 Å². The lowest BCUT2D eigenvalue weighted by Crippen LogP contribution is -2.11. The van der Waals surface area contributed by atoms with E-state index in [1.54, 1.807) is 0 Å². The van der Waals surface area contributed by atoms with Crippen LogP contribution < -0.4 is 0 Å². The minimum atomic E-state index is -0.515. The summed E-state index contributed by atoms with van der Waals surface area (Å²) in [6.07, 6.45) is 0.638. The normalized spacial score (nSPS) is 13.1. The molecule has 0 radical (unpaired) electrons. The minimum absolute atomic E-state index is 0.161. The fraction of sp³-hybridized carbons (Fsp3) is 0.538. The molecular formula is C13H20O2. The molecule has 0 aliphatic heterocycles. The van der Waals surface area contributed by atoms with E-state index in [2.05, 4.69) is 13.0 Å². The SMILES string of the molecule is CCc1cccc(C(O)COC(C)C)c1. The molecule has 1 atom stereocenters. The van der Waals surface area contributed by atoms with Gasteiger partial charge >= 0.3 is 0 Å². The van der Waals surface area contributed by atoms with Gasteiger partial charge in [-0.25, -0.2) is 0 Å². The van der Waals surface area contributed by atoms with Crippen LogP contribution in [-0.2, 0) is 11.2 Å². The molecule has 2 nitrogen and oxygen atoms in total. The Hall–Kier alpha value is -0.860. The quantitative estimate of drug-likeness (QED) is 0.806. The van der Waals surface area contributed by atoms with Crippen LogP contribution in [0.25, 0.3) is 0 Å². The Kier molecular flexibility index (Phi) is 4.79. The van der Waals surface area contributed by atoms with Gasteiger partial charge in [0.25, 0.3) is 0 Å². The van der Waals surface area contributed by atoms with Crippen molar-refractivity contribution >= 4 is 0 Å². The Labute approximate surface area is 91.9 Å². The maximum Gasteiger partial charge on any atom is 0.102 e. The first-order valence-electron chi connectivity index (χ1n) is 5.52. The number of aryl methyl sites for hydroxylation is 1. The van der Waals surface area contributed by atoms with Gasteiger partial charge in [-0.05, 0) is 31.4 Å². The predicted octanol–water partition coefficient (Wildman–Crippen LogP) is 2.71. The summed E-state index contributed by atoms with van der Waals surface area (Å²) in [6, 6.07) is 8.02. The van der Waals surface area contributed by atoms with Crippen LogP contribution >= 0.6 is 0 Å². The molecule has 0 saturated carbocycles. The number of aliphatic hydroxyl groups is 1. The van der Waals surface area contributed by atoms with Gasteiger partial charge in [0.05, 0.1) is 12.7 Å². The zero-order valence-corrected chi connectivity index (χ0v) is 9.73. The van der Waals surface area contributed by atoms with Crippen LogP contribution in [0.15, 0.2) is 24.3 Å². The number of ether oxygens (including phenoxy) is 1. The van der Waals surface area contributed by atoms with E-state index in [1.807, 2.05) is 32.0 Å². The third-order valence-electron chi connectivity index (χ3n) is 2.33. The molecule has 0 spiro atoms. The Morgan fingerprint density at radius 2 is 2.07 bits per heavy atom. The molecule has 15 heavy (non-hydrogen) atoms. The van der Waals surface area contributed by atoms with Crippen molar-refractivity contribution in [2.24, 2.45) is 0 Å². The maximum atomic E-state index is 9.86. The lowest BCUT2D eigenvalue weighted by atomic mass is 10.1. The summed E-state index contributed by atoms with van der Waals surface area (Å²) in [6.45, 7) is 6.41. The molecule has 1 rings (SSSR count). The fourth-order valence-corrected chi connectivity index (χ4v) is 1.40. The number of hydrogen-bond acceptors (Lipinski definition) is 2. The first-order chi connectivity index (χ1) is 7.13. The second kappa shape index (κ2) is 5.89. The first kappa shape index (κ1) is 12.2. The van der Waals surface area contributed by atoms with Crippen LogP contribution in [0.2, 0.25) is 0 Å². The molecule has 0 fully saturated rings. The van der Waals surface area contributed by atoms with Crippen LogP contribution in [0.1, 0.15) is 38.0 Å². The molecule has 1 unspecified atom stereocenters. The maximum absolute atomic E-state index is 9.86. The molecule has 2 heteroatoms. The molecule has 0 aliphatic rings. The predicted molar refractivity (Wildman–Crippen MR) is 61.9 cm³/mol. The summed E-state index contributed by atoms with van der Waals surface area (Å²) in [7, 11) is 0. The second-order valence-electron chi connectivity index (χ2n) is 4.00. The van der Waals surface area contributed by atoms with Crippen LogP contribution in [0, 0.1) is 0 Å². The van der Waals surface area contributed by atoms with Gasteiger partial charge < -0.3 is 9.84 Å². The Morgan fingerprint density at radius 1 is 1.33 bits per heavy atom. The standard InChI is InChI=1S/C13H20O2/c1-4-11-6-5-7-12(8-11)13(14)9-15-10(2)3/h5-8,10,13-14H,4,9H2,1-3H3. The third-order valence-corrected chi connectivity index (χ3v) is 2.33. The van der Waals surface area contributed by atoms with Gasteiger partial charge in [0.15, 0.2) is 0 Å². The van der Waals surface area contributed by atoms with Crippen molar-refractivity contribution in [1.29, 1.82) is 0 Å². The second-order valence-corrected chi connectivity index (χ2v) is 4.00. The van der Waals surface area contributed by atoms with Crippen LogP contribution in [0.5, 0.6) is 0 Å². The Morgan fingerprint density at radius 3 is 2.67 bits per heavy atom. The van der Waals surface area contributed by atoms with Crippen LogP contribution in [0.3, 0.4) is 0 Å². The average molecular weight is 208 g/mol. The lowest BCUT2D eigenvalue weighted by molar-refractivity contribution is 0.00491. The monoisotopic (exact) mass is 208 g/mol. The van der Waals surface area contributed by atoms with E-state index in [4.69, 9.17) is 4.74 Å². The largest absolute Gasteiger partial charge is 0.386 e. The van der Waals surface area contributed by atoms with E-state index in [-0.39, 0.29) is 6.10 Å². The zero-order valence-electron chi connectivity index (χ0n) is 9.73. The van der Waals surface area contributed by atoms with Gasteiger partial charge in [0.1, 0.15) is 6.10 Å². The highest BCUT2D eigenvalue weighted by atomic mass is 16.5. The highest BCUT2D eigenvalue weighted by molar-refractivity contribution is 5.25. The molecule has 0 aromatic heterocycles. The molecule has 1 aromatic carbocycles. The number of benzene rings is 1. The van der Waals surface area contributed by atoms with Crippen LogP contribution in [0.4, 0.5) is 0 Å². The highest BCUT2D eigenvalue weighted by Gasteiger charge is 2.08. The van der Waals surface area contributed by atoms with E-state index in [0.29, 0.717) is 6.61 Å². The number of rotatable bonds is 5. The van der Waals surface area contributed by atoms with E-state index < -0.39 is 6.10 Å². The van der Waals surface area contributed by atoms with Crippen LogP contribution in [-0.4, -0.2) is 17.8 Å². The van der Waals surface area contributed by atoms with Gasteiger partial charge in [-0.15, -0.1) is 0 Å². The molecule has 0 bridgehead atoms. The van der Waals surface area contributed by atoms with E-state index in [1.165, 1.54) is 5.56 Å². The molecule has 0 saturated heterocycles. The number of aliphatic hydroxyl groups excluding tert-OH is 1. The molecule has 0 aliphatic carbocycles. The van der Waals surface area contributed by atoms with E-state index in [9.17, 15) is 5.11 Å². The average Bonchev–Trinajstić information content (AvgIpc) is 2.26. The summed E-state index contributed by atoms with van der Waals surface area (Å²) in [4.78, 5) is 0. The Bertz CT molecular complexity index is 294. The Balaban J connectivity index is 2.60. The van der Waals surface area contributed by atoms with Gasteiger partial charge in [-0.3, -0.25) is 0 Å². The summed E-state index contributed by atoms with van der Waals surface area (Å²) >= 11 is 0. The molecule has 1 N–H and O–H groups in total. The van der Waals surface area contributed by atoms with Gasteiger partial charge in [-0.2, -0.15) is 0 Å². The molecule has 84 valence electrons. The summed E-state index contributed by atoms with van der Waals surface area (Å²) < 4.78 is 5.38. The van der Waals surface area contributed by atoms with Gasteiger partial charge in [0.2, 0.25) is 0 Å². The van der Waals surface area contributed by atoms with E-state index >= 15 is 0 Å². The molecular weight excluding hydrogens is 188 g/mol. The highest BCUT2D eigenvalue weighted by Crippen LogP contribution is 2.15. The van der Waals surface area contributed by atoms with Crippen molar-refractivity contribution < 1.29 is 9.84 Å². The molecule has 0 heterocycles. The molecule has 1 aromatic rings. The van der Waals surface area contributed by atoms with Crippen molar-refractivity contribution in [2.75, 3.05) is 6.61 Å². The van der Waals surface area contributed by atoms with E-state index in [0.717, 1.165) is 12.0 Å². The smallest absolute Gasteiger partial charge is 0.102 e. The zero-order chi connectivity index (χ0) is 11.3. The van der Waals surface area contributed by atoms with Crippen molar-refractivity contribution in [3.05, 3.63) is 35.4 Å². The first-order valence-corrected chi connectivity index (χ1v) is 5.52.